The van der Waals surface area contributed by atoms with Gasteiger partial charge in [0, 0.05) is 5.39 Å². The molecule has 1 unspecified atom stereocenters. The molecule has 4 rings (SSSR count). The van der Waals surface area contributed by atoms with Gasteiger partial charge in [0.2, 0.25) is 5.91 Å². The van der Waals surface area contributed by atoms with Crippen LogP contribution in [0.5, 0.6) is 11.5 Å². The number of para-hydroxylation sites is 1. The summed E-state index contributed by atoms with van der Waals surface area (Å²) in [6.45, 7) is 3.06. The van der Waals surface area contributed by atoms with E-state index in [4.69, 9.17) is 9.47 Å². The second-order valence-corrected chi connectivity index (χ2v) is 7.14. The summed E-state index contributed by atoms with van der Waals surface area (Å²) in [6, 6.07) is 13.4. The van der Waals surface area contributed by atoms with E-state index in [1.54, 1.807) is 0 Å². The smallest absolute Gasteiger partial charge is 0.230 e. The Labute approximate surface area is 161 Å². The van der Waals surface area contributed by atoms with Crippen molar-refractivity contribution in [3.05, 3.63) is 54.4 Å². The van der Waals surface area contributed by atoms with Gasteiger partial charge in [-0.2, -0.15) is 0 Å². The van der Waals surface area contributed by atoms with Crippen molar-refractivity contribution in [1.29, 1.82) is 0 Å². The molecule has 27 heavy (non-hydrogen) atoms. The molecule has 138 valence electrons. The number of carbonyl (C=O) groups excluding carboxylic acids is 1. The first kappa shape index (κ1) is 17.6. The molecule has 0 bridgehead atoms. The SMILES string of the molecule is CC(NC(=O)CSc1ncnc2ccccc12)c1ccc2c(c1)OCCO2. The first-order valence-electron chi connectivity index (χ1n) is 8.72. The Morgan fingerprint density at radius 2 is 1.96 bits per heavy atom. The number of hydrogen-bond donors (Lipinski definition) is 1. The summed E-state index contributed by atoms with van der Waals surface area (Å²) in [7, 11) is 0. The normalized spacial score (nSPS) is 14.0. The van der Waals surface area contributed by atoms with Crippen molar-refractivity contribution in [1.82, 2.24) is 15.3 Å². The van der Waals surface area contributed by atoms with Gasteiger partial charge in [-0.25, -0.2) is 9.97 Å². The zero-order valence-corrected chi connectivity index (χ0v) is 15.7. The lowest BCUT2D eigenvalue weighted by atomic mass is 10.1. The molecule has 0 saturated carbocycles. The van der Waals surface area contributed by atoms with Gasteiger partial charge in [-0.05, 0) is 30.7 Å². The predicted octanol–water partition coefficient (Wildman–Crippen LogP) is 3.37. The Bertz CT molecular complexity index is 974. The quantitative estimate of drug-likeness (QED) is 0.540. The van der Waals surface area contributed by atoms with Gasteiger partial charge >= 0.3 is 0 Å². The second kappa shape index (κ2) is 7.84. The third kappa shape index (κ3) is 3.98. The van der Waals surface area contributed by atoms with Crippen molar-refractivity contribution in [2.75, 3.05) is 19.0 Å². The minimum Gasteiger partial charge on any atom is -0.486 e. The molecule has 0 aliphatic carbocycles. The van der Waals surface area contributed by atoms with Gasteiger partial charge in [-0.15, -0.1) is 0 Å². The highest BCUT2D eigenvalue weighted by atomic mass is 32.2. The molecule has 6 nitrogen and oxygen atoms in total. The van der Waals surface area contributed by atoms with Crippen molar-refractivity contribution in [2.24, 2.45) is 0 Å². The number of ether oxygens (including phenoxy) is 2. The molecule has 7 heteroatoms. The van der Waals surface area contributed by atoms with Gasteiger partial charge in [0.05, 0.1) is 17.3 Å². The molecular formula is C20H19N3O3S. The molecular weight excluding hydrogens is 362 g/mol. The maximum Gasteiger partial charge on any atom is 0.230 e. The summed E-state index contributed by atoms with van der Waals surface area (Å²) >= 11 is 1.41. The van der Waals surface area contributed by atoms with E-state index in [9.17, 15) is 4.79 Å². The van der Waals surface area contributed by atoms with Crippen LogP contribution in [0.4, 0.5) is 0 Å². The standard InChI is InChI=1S/C20H19N3O3S/c1-13(14-6-7-17-18(10-14)26-9-8-25-17)23-19(24)11-27-20-15-4-2-3-5-16(15)21-12-22-20/h2-7,10,12-13H,8-9,11H2,1H3,(H,23,24). The molecule has 1 N–H and O–H groups in total. The summed E-state index contributed by atoms with van der Waals surface area (Å²) in [5, 5.41) is 4.79. The number of carbonyl (C=O) groups is 1. The lowest BCUT2D eigenvalue weighted by molar-refractivity contribution is -0.119. The zero-order valence-electron chi connectivity index (χ0n) is 14.8. The van der Waals surface area contributed by atoms with Gasteiger partial charge in [0.15, 0.2) is 11.5 Å². The number of thioether (sulfide) groups is 1. The molecule has 2 heterocycles. The molecule has 2 aromatic carbocycles. The number of rotatable bonds is 5. The second-order valence-electron chi connectivity index (χ2n) is 6.18. The lowest BCUT2D eigenvalue weighted by Gasteiger charge is -2.21. The maximum atomic E-state index is 12.4. The van der Waals surface area contributed by atoms with E-state index in [1.165, 1.54) is 18.1 Å². The molecule has 1 aliphatic rings. The summed E-state index contributed by atoms with van der Waals surface area (Å²) in [4.78, 5) is 20.9. The molecule has 0 fully saturated rings. The van der Waals surface area contributed by atoms with E-state index in [1.807, 2.05) is 49.4 Å². The van der Waals surface area contributed by atoms with Crippen LogP contribution in [0.1, 0.15) is 18.5 Å². The Kier molecular flexibility index (Phi) is 5.11. The van der Waals surface area contributed by atoms with E-state index in [0.29, 0.717) is 13.2 Å². The topological polar surface area (TPSA) is 73.3 Å². The number of nitrogens with one attached hydrogen (secondary N) is 1. The molecule has 0 saturated heterocycles. The highest BCUT2D eigenvalue weighted by Gasteiger charge is 2.16. The van der Waals surface area contributed by atoms with Crippen LogP contribution in [0.15, 0.2) is 53.8 Å². The lowest BCUT2D eigenvalue weighted by Crippen LogP contribution is -2.28. The summed E-state index contributed by atoms with van der Waals surface area (Å²) in [5.74, 6) is 1.71. The van der Waals surface area contributed by atoms with E-state index < -0.39 is 0 Å². The summed E-state index contributed by atoms with van der Waals surface area (Å²) < 4.78 is 11.1. The fraction of sp³-hybridized carbons (Fsp3) is 0.250. The van der Waals surface area contributed by atoms with Crippen molar-refractivity contribution in [2.45, 2.75) is 18.0 Å². The monoisotopic (exact) mass is 381 g/mol. The van der Waals surface area contributed by atoms with Crippen molar-refractivity contribution in [3.63, 3.8) is 0 Å². The number of benzene rings is 2. The summed E-state index contributed by atoms with van der Waals surface area (Å²) in [5.41, 5.74) is 1.85. The molecule has 1 amide bonds. The fourth-order valence-electron chi connectivity index (χ4n) is 2.92. The van der Waals surface area contributed by atoms with Gasteiger partial charge in [-0.3, -0.25) is 4.79 Å². The van der Waals surface area contributed by atoms with Crippen LogP contribution in [0, 0.1) is 0 Å². The molecule has 1 aromatic heterocycles. The van der Waals surface area contributed by atoms with Crippen LogP contribution < -0.4 is 14.8 Å². The van der Waals surface area contributed by atoms with Crippen molar-refractivity contribution in [3.8, 4) is 11.5 Å². The highest BCUT2D eigenvalue weighted by Crippen LogP contribution is 2.32. The van der Waals surface area contributed by atoms with E-state index >= 15 is 0 Å². The maximum absolute atomic E-state index is 12.4. The average molecular weight is 381 g/mol. The summed E-state index contributed by atoms with van der Waals surface area (Å²) in [6.07, 6.45) is 1.53. The van der Waals surface area contributed by atoms with E-state index in [2.05, 4.69) is 15.3 Å². The third-order valence-electron chi connectivity index (χ3n) is 4.29. The number of amides is 1. The minimum atomic E-state index is -0.129. The molecule has 0 radical (unpaired) electrons. The minimum absolute atomic E-state index is 0.0508. The van der Waals surface area contributed by atoms with Gasteiger partial charge in [0.25, 0.3) is 0 Å². The number of fused-ring (bicyclic) bond motifs is 2. The van der Waals surface area contributed by atoms with Crippen LogP contribution in [0.25, 0.3) is 10.9 Å². The number of hydrogen-bond acceptors (Lipinski definition) is 6. The van der Waals surface area contributed by atoms with E-state index in [0.717, 1.165) is 33.0 Å². The molecule has 1 aliphatic heterocycles. The fourth-order valence-corrected chi connectivity index (χ4v) is 3.73. The number of aromatic nitrogens is 2. The Morgan fingerprint density at radius 3 is 2.85 bits per heavy atom. The molecule has 1 atom stereocenters. The number of nitrogens with zero attached hydrogens (tertiary/aromatic N) is 2. The predicted molar refractivity (Wildman–Crippen MR) is 104 cm³/mol. The van der Waals surface area contributed by atoms with Crippen LogP contribution in [0.3, 0.4) is 0 Å². The zero-order chi connectivity index (χ0) is 18.6. The Morgan fingerprint density at radius 1 is 1.15 bits per heavy atom. The Balaban J connectivity index is 1.39. The van der Waals surface area contributed by atoms with Gasteiger partial charge in [-0.1, -0.05) is 36.0 Å². The van der Waals surface area contributed by atoms with Gasteiger partial charge in [0.1, 0.15) is 24.6 Å². The Hall–Kier alpha value is -2.80. The third-order valence-corrected chi connectivity index (χ3v) is 5.30. The molecule has 3 aromatic rings. The van der Waals surface area contributed by atoms with Crippen molar-refractivity contribution < 1.29 is 14.3 Å². The van der Waals surface area contributed by atoms with Crippen molar-refractivity contribution >= 4 is 28.6 Å². The first-order chi connectivity index (χ1) is 13.2. The highest BCUT2D eigenvalue weighted by molar-refractivity contribution is 8.00. The van der Waals surface area contributed by atoms with E-state index in [-0.39, 0.29) is 17.7 Å². The van der Waals surface area contributed by atoms with Gasteiger partial charge < -0.3 is 14.8 Å². The first-order valence-corrected chi connectivity index (χ1v) is 9.71. The van der Waals surface area contributed by atoms with Crippen LogP contribution in [0.2, 0.25) is 0 Å². The molecule has 0 spiro atoms. The van der Waals surface area contributed by atoms with Crippen LogP contribution >= 0.6 is 11.8 Å². The largest absolute Gasteiger partial charge is 0.486 e. The van der Waals surface area contributed by atoms with Crippen LogP contribution in [-0.4, -0.2) is 34.8 Å². The van der Waals surface area contributed by atoms with Crippen LogP contribution in [-0.2, 0) is 4.79 Å². The average Bonchev–Trinajstić information content (AvgIpc) is 2.71.